The van der Waals surface area contributed by atoms with Crippen LogP contribution < -0.4 is 11.1 Å². The standard InChI is InChI=1S/C25H23ClN4OS/c1-30-12-11-19-17(14-30)20(16-9-5-6-10-18(16)26)21-22(27)23(32-25(21)29-19)24(31)28-13-15-7-3-2-4-8-15/h2-10H,11-14,27H2,1H3,(H,28,31). The molecule has 3 N–H and O–H groups in total. The quantitative estimate of drug-likeness (QED) is 0.441. The molecule has 162 valence electrons. The Morgan fingerprint density at radius 2 is 1.94 bits per heavy atom. The van der Waals surface area contributed by atoms with Crippen molar-refractivity contribution in [3.8, 4) is 11.1 Å². The van der Waals surface area contributed by atoms with Crippen molar-refractivity contribution in [2.24, 2.45) is 0 Å². The molecule has 0 saturated carbocycles. The van der Waals surface area contributed by atoms with Gasteiger partial charge in [-0.2, -0.15) is 0 Å². The van der Waals surface area contributed by atoms with Gasteiger partial charge in [0.1, 0.15) is 9.71 Å². The highest BCUT2D eigenvalue weighted by Crippen LogP contribution is 2.45. The normalized spacial score (nSPS) is 13.8. The number of hydrogen-bond acceptors (Lipinski definition) is 5. The first kappa shape index (κ1) is 20.9. The highest BCUT2D eigenvalue weighted by molar-refractivity contribution is 7.21. The number of benzene rings is 2. The van der Waals surface area contributed by atoms with Crippen LogP contribution in [0.5, 0.6) is 0 Å². The van der Waals surface area contributed by atoms with E-state index in [0.29, 0.717) is 22.1 Å². The molecule has 0 saturated heterocycles. The maximum absolute atomic E-state index is 13.1. The minimum atomic E-state index is -0.186. The van der Waals surface area contributed by atoms with Crippen LogP contribution in [0.2, 0.25) is 5.02 Å². The fourth-order valence-corrected chi connectivity index (χ4v) is 5.52. The van der Waals surface area contributed by atoms with Gasteiger partial charge >= 0.3 is 0 Å². The first-order valence-corrected chi connectivity index (χ1v) is 11.7. The SMILES string of the molecule is CN1CCc2nc3sc(C(=O)NCc4ccccc4)c(N)c3c(-c3ccccc3Cl)c2C1. The van der Waals surface area contributed by atoms with Crippen molar-refractivity contribution in [1.82, 2.24) is 15.2 Å². The smallest absolute Gasteiger partial charge is 0.263 e. The maximum atomic E-state index is 13.1. The lowest BCUT2D eigenvalue weighted by Gasteiger charge is -2.27. The summed E-state index contributed by atoms with van der Waals surface area (Å²) in [6.45, 7) is 2.15. The van der Waals surface area contributed by atoms with Gasteiger partial charge in [-0.1, -0.05) is 60.1 Å². The number of rotatable bonds is 4. The summed E-state index contributed by atoms with van der Waals surface area (Å²) in [5, 5.41) is 4.48. The number of carbonyl (C=O) groups excluding carboxylic acids is 1. The third-order valence-corrected chi connectivity index (χ3v) is 7.29. The number of nitrogens with zero attached hydrogens (tertiary/aromatic N) is 2. The minimum absolute atomic E-state index is 0.186. The molecule has 32 heavy (non-hydrogen) atoms. The number of fused-ring (bicyclic) bond motifs is 2. The van der Waals surface area contributed by atoms with Crippen LogP contribution in [0.3, 0.4) is 0 Å². The summed E-state index contributed by atoms with van der Waals surface area (Å²) >= 11 is 7.98. The van der Waals surface area contributed by atoms with Crippen molar-refractivity contribution in [1.29, 1.82) is 0 Å². The molecule has 4 aromatic rings. The Labute approximate surface area is 195 Å². The summed E-state index contributed by atoms with van der Waals surface area (Å²) in [4.78, 5) is 21.5. The molecule has 0 bridgehead atoms. The van der Waals surface area contributed by atoms with Gasteiger partial charge < -0.3 is 16.0 Å². The van der Waals surface area contributed by atoms with Crippen molar-refractivity contribution in [2.45, 2.75) is 19.5 Å². The van der Waals surface area contributed by atoms with Gasteiger partial charge in [-0.25, -0.2) is 4.98 Å². The van der Waals surface area contributed by atoms with Crippen molar-refractivity contribution < 1.29 is 4.79 Å². The minimum Gasteiger partial charge on any atom is -0.397 e. The second kappa shape index (κ2) is 8.54. The Hall–Kier alpha value is -2.93. The number of hydrogen-bond donors (Lipinski definition) is 2. The van der Waals surface area contributed by atoms with E-state index in [4.69, 9.17) is 22.3 Å². The van der Waals surface area contributed by atoms with Gasteiger partial charge in [-0.3, -0.25) is 4.79 Å². The number of aromatic nitrogens is 1. The lowest BCUT2D eigenvalue weighted by molar-refractivity contribution is 0.0956. The first-order valence-electron chi connectivity index (χ1n) is 10.5. The molecule has 1 amide bonds. The van der Waals surface area contributed by atoms with E-state index in [-0.39, 0.29) is 5.91 Å². The van der Waals surface area contributed by atoms with Crippen LogP contribution in [-0.4, -0.2) is 29.4 Å². The molecule has 0 radical (unpaired) electrons. The highest BCUT2D eigenvalue weighted by Gasteiger charge is 2.27. The van der Waals surface area contributed by atoms with Gasteiger partial charge in [-0.05, 0) is 24.2 Å². The second-order valence-corrected chi connectivity index (χ2v) is 9.48. The number of nitrogens with one attached hydrogen (secondary N) is 1. The number of pyridine rings is 1. The van der Waals surface area contributed by atoms with Gasteiger partial charge in [0.25, 0.3) is 5.91 Å². The fraction of sp³-hybridized carbons (Fsp3) is 0.200. The van der Waals surface area contributed by atoms with Crippen LogP contribution in [0.4, 0.5) is 5.69 Å². The van der Waals surface area contributed by atoms with Gasteiger partial charge in [0.15, 0.2) is 0 Å². The lowest BCUT2D eigenvalue weighted by atomic mass is 9.92. The summed E-state index contributed by atoms with van der Waals surface area (Å²) in [6.07, 6.45) is 0.854. The summed E-state index contributed by atoms with van der Waals surface area (Å²) < 4.78 is 0. The Morgan fingerprint density at radius 3 is 2.72 bits per heavy atom. The number of carbonyl (C=O) groups is 1. The topological polar surface area (TPSA) is 71.2 Å². The second-order valence-electron chi connectivity index (χ2n) is 8.07. The van der Waals surface area contributed by atoms with E-state index >= 15 is 0 Å². The van der Waals surface area contributed by atoms with E-state index in [1.54, 1.807) is 0 Å². The number of anilines is 1. The Balaban J connectivity index is 1.64. The number of thiophene rings is 1. The summed E-state index contributed by atoms with van der Waals surface area (Å²) in [5.74, 6) is -0.186. The molecule has 0 fully saturated rings. The number of nitrogens with two attached hydrogens (primary N) is 1. The predicted molar refractivity (Wildman–Crippen MR) is 132 cm³/mol. The number of nitrogen functional groups attached to an aromatic ring is 1. The monoisotopic (exact) mass is 462 g/mol. The third kappa shape index (κ3) is 3.75. The molecule has 5 rings (SSSR count). The number of likely N-dealkylation sites (N-methyl/N-ethyl adjacent to an activating group) is 1. The molecule has 5 nitrogen and oxygen atoms in total. The van der Waals surface area contributed by atoms with Crippen LogP contribution in [0.1, 0.15) is 26.5 Å². The van der Waals surface area contributed by atoms with Crippen LogP contribution >= 0.6 is 22.9 Å². The predicted octanol–water partition coefficient (Wildman–Crippen LogP) is 5.12. The van der Waals surface area contributed by atoms with Gasteiger partial charge in [0.05, 0.1) is 5.69 Å². The van der Waals surface area contributed by atoms with Gasteiger partial charge in [0, 0.05) is 53.3 Å². The molecule has 1 aliphatic heterocycles. The summed E-state index contributed by atoms with van der Waals surface area (Å²) in [5.41, 5.74) is 12.2. The molecule has 1 aliphatic rings. The zero-order chi connectivity index (χ0) is 22.2. The van der Waals surface area contributed by atoms with Crippen molar-refractivity contribution in [3.05, 3.63) is 81.3 Å². The molecular formula is C25H23ClN4OS. The van der Waals surface area contributed by atoms with E-state index < -0.39 is 0 Å². The third-order valence-electron chi connectivity index (χ3n) is 5.87. The van der Waals surface area contributed by atoms with Crippen LogP contribution in [0, 0.1) is 0 Å². The number of halogens is 1. The van der Waals surface area contributed by atoms with Crippen molar-refractivity contribution in [3.63, 3.8) is 0 Å². The average molecular weight is 463 g/mol. The molecule has 3 heterocycles. The molecule has 2 aromatic carbocycles. The molecule has 0 spiro atoms. The maximum Gasteiger partial charge on any atom is 0.263 e. The molecule has 0 aliphatic carbocycles. The van der Waals surface area contributed by atoms with Crippen molar-refractivity contribution >= 4 is 44.7 Å². The van der Waals surface area contributed by atoms with Crippen LogP contribution in [0.25, 0.3) is 21.3 Å². The van der Waals surface area contributed by atoms with Crippen LogP contribution in [-0.2, 0) is 19.5 Å². The lowest BCUT2D eigenvalue weighted by Crippen LogP contribution is -2.28. The Kier molecular flexibility index (Phi) is 5.59. The first-order chi connectivity index (χ1) is 15.5. The zero-order valence-corrected chi connectivity index (χ0v) is 19.3. The Morgan fingerprint density at radius 1 is 1.19 bits per heavy atom. The van der Waals surface area contributed by atoms with Crippen molar-refractivity contribution in [2.75, 3.05) is 19.3 Å². The largest absolute Gasteiger partial charge is 0.397 e. The zero-order valence-electron chi connectivity index (χ0n) is 17.7. The van der Waals surface area contributed by atoms with E-state index in [1.165, 1.54) is 11.3 Å². The molecule has 2 aromatic heterocycles. The summed E-state index contributed by atoms with van der Waals surface area (Å²) in [6, 6.07) is 17.6. The van der Waals surface area contributed by atoms with E-state index in [0.717, 1.165) is 57.7 Å². The Bertz CT molecular complexity index is 1320. The van der Waals surface area contributed by atoms with Crippen LogP contribution in [0.15, 0.2) is 54.6 Å². The van der Waals surface area contributed by atoms with E-state index in [9.17, 15) is 4.79 Å². The molecule has 0 unspecified atom stereocenters. The number of amides is 1. The highest BCUT2D eigenvalue weighted by atomic mass is 35.5. The molecular weight excluding hydrogens is 440 g/mol. The van der Waals surface area contributed by atoms with Gasteiger partial charge in [0.2, 0.25) is 0 Å². The molecule has 7 heteroatoms. The van der Waals surface area contributed by atoms with E-state index in [1.807, 2.05) is 54.6 Å². The average Bonchev–Trinajstić information content (AvgIpc) is 3.13. The fourth-order valence-electron chi connectivity index (χ4n) is 4.25. The summed E-state index contributed by atoms with van der Waals surface area (Å²) in [7, 11) is 2.10. The van der Waals surface area contributed by atoms with Gasteiger partial charge in [-0.15, -0.1) is 11.3 Å². The molecule has 0 atom stereocenters. The van der Waals surface area contributed by atoms with E-state index in [2.05, 4.69) is 17.3 Å².